The lowest BCUT2D eigenvalue weighted by molar-refractivity contribution is 0.813. The summed E-state index contributed by atoms with van der Waals surface area (Å²) in [6.07, 6.45) is 0. The second kappa shape index (κ2) is 3.57. The Morgan fingerprint density at radius 1 is 1.55 bits per heavy atom. The largest absolute Gasteiger partial charge is 0.324 e. The third-order valence-corrected chi connectivity index (χ3v) is 2.37. The molecule has 0 aliphatic heterocycles. The zero-order valence-electron chi connectivity index (χ0n) is 6.14. The van der Waals surface area contributed by atoms with Gasteiger partial charge in [-0.05, 0) is 24.6 Å². The van der Waals surface area contributed by atoms with E-state index in [1.54, 1.807) is 0 Å². The van der Waals surface area contributed by atoms with Gasteiger partial charge in [-0.2, -0.15) is 0 Å². The first kappa shape index (κ1) is 9.04. The highest BCUT2D eigenvalue weighted by molar-refractivity contribution is 9.10. The van der Waals surface area contributed by atoms with Crippen LogP contribution in [0.25, 0.3) is 0 Å². The highest BCUT2D eigenvalue weighted by atomic mass is 79.9. The molecule has 0 heterocycles. The smallest absolute Gasteiger partial charge is 0.0417 e. The zero-order valence-corrected chi connectivity index (χ0v) is 8.48. The molecule has 3 heteroatoms. The molecule has 0 saturated carbocycles. The van der Waals surface area contributed by atoms with Crippen molar-refractivity contribution in [2.75, 3.05) is 0 Å². The molecule has 1 atom stereocenters. The van der Waals surface area contributed by atoms with E-state index in [-0.39, 0.29) is 6.04 Å². The van der Waals surface area contributed by atoms with Gasteiger partial charge < -0.3 is 5.73 Å². The fourth-order valence-electron chi connectivity index (χ4n) is 0.871. The molecule has 0 bridgehead atoms. The number of benzene rings is 1. The summed E-state index contributed by atoms with van der Waals surface area (Å²) in [4.78, 5) is 0. The molecule has 2 N–H and O–H groups in total. The van der Waals surface area contributed by atoms with E-state index in [0.717, 1.165) is 15.1 Å². The summed E-state index contributed by atoms with van der Waals surface area (Å²) >= 11 is 9.13. The molecule has 0 amide bonds. The summed E-state index contributed by atoms with van der Waals surface area (Å²) in [5, 5.41) is 0.723. The van der Waals surface area contributed by atoms with Crippen LogP contribution in [0.15, 0.2) is 22.7 Å². The molecule has 60 valence electrons. The van der Waals surface area contributed by atoms with Gasteiger partial charge in [0.1, 0.15) is 0 Å². The molecule has 1 rings (SSSR count). The molecule has 0 aliphatic carbocycles. The van der Waals surface area contributed by atoms with E-state index < -0.39 is 0 Å². The van der Waals surface area contributed by atoms with Crippen molar-refractivity contribution in [1.82, 2.24) is 0 Å². The summed E-state index contributed by atoms with van der Waals surface area (Å²) in [5.74, 6) is 0. The predicted octanol–water partition coefficient (Wildman–Crippen LogP) is 3.12. The third-order valence-electron chi connectivity index (χ3n) is 1.45. The van der Waals surface area contributed by atoms with Gasteiger partial charge in [0.25, 0.3) is 0 Å². The second-order valence-corrected chi connectivity index (χ2v) is 3.75. The van der Waals surface area contributed by atoms with Gasteiger partial charge in [0.15, 0.2) is 0 Å². The predicted molar refractivity (Wildman–Crippen MR) is 51.8 cm³/mol. The lowest BCUT2D eigenvalue weighted by Crippen LogP contribution is -2.05. The molecule has 1 aromatic rings. The molecule has 1 aromatic carbocycles. The standard InChI is InChI=1S/C8H9BrClN/c1-5(11)7-3-2-6(10)4-8(7)9/h2-5H,11H2,1H3/t5-/m1/s1. The van der Waals surface area contributed by atoms with E-state index in [1.807, 2.05) is 25.1 Å². The minimum Gasteiger partial charge on any atom is -0.324 e. The normalized spacial score (nSPS) is 13.1. The summed E-state index contributed by atoms with van der Waals surface area (Å²) < 4.78 is 0.972. The maximum Gasteiger partial charge on any atom is 0.0417 e. The molecule has 0 saturated heterocycles. The average Bonchev–Trinajstić information content (AvgIpc) is 1.85. The zero-order chi connectivity index (χ0) is 8.43. The van der Waals surface area contributed by atoms with E-state index in [2.05, 4.69) is 15.9 Å². The van der Waals surface area contributed by atoms with Gasteiger partial charge >= 0.3 is 0 Å². The first-order valence-corrected chi connectivity index (χ1v) is 4.49. The van der Waals surface area contributed by atoms with Crippen LogP contribution in [-0.4, -0.2) is 0 Å². The number of rotatable bonds is 1. The minimum absolute atomic E-state index is 0.0432. The van der Waals surface area contributed by atoms with Gasteiger partial charge in [0.05, 0.1) is 0 Å². The molecular weight excluding hydrogens is 225 g/mol. The molecule has 11 heavy (non-hydrogen) atoms. The van der Waals surface area contributed by atoms with E-state index in [0.29, 0.717) is 0 Å². The summed E-state index contributed by atoms with van der Waals surface area (Å²) in [5.41, 5.74) is 6.77. The van der Waals surface area contributed by atoms with Crippen LogP contribution >= 0.6 is 27.5 Å². The Morgan fingerprint density at radius 3 is 2.64 bits per heavy atom. The van der Waals surface area contributed by atoms with Crippen LogP contribution in [0, 0.1) is 0 Å². The van der Waals surface area contributed by atoms with Gasteiger partial charge in [-0.1, -0.05) is 33.6 Å². The highest BCUT2D eigenvalue weighted by Gasteiger charge is 2.03. The number of nitrogens with two attached hydrogens (primary N) is 1. The summed E-state index contributed by atoms with van der Waals surface area (Å²) in [6.45, 7) is 1.94. The van der Waals surface area contributed by atoms with Crippen LogP contribution in [0.1, 0.15) is 18.5 Å². The van der Waals surface area contributed by atoms with E-state index in [1.165, 1.54) is 0 Å². The lowest BCUT2D eigenvalue weighted by atomic mass is 10.1. The van der Waals surface area contributed by atoms with Crippen LogP contribution in [-0.2, 0) is 0 Å². The van der Waals surface area contributed by atoms with Crippen LogP contribution in [0.5, 0.6) is 0 Å². The fraction of sp³-hybridized carbons (Fsp3) is 0.250. The summed E-state index contributed by atoms with van der Waals surface area (Å²) in [7, 11) is 0. The Labute approximate surface area is 79.7 Å². The molecule has 0 fully saturated rings. The monoisotopic (exact) mass is 233 g/mol. The van der Waals surface area contributed by atoms with Gasteiger partial charge in [-0.15, -0.1) is 0 Å². The Balaban J connectivity index is 3.09. The van der Waals surface area contributed by atoms with Gasteiger partial charge in [0.2, 0.25) is 0 Å². The van der Waals surface area contributed by atoms with Gasteiger partial charge in [-0.25, -0.2) is 0 Å². The molecule has 0 aliphatic rings. The second-order valence-electron chi connectivity index (χ2n) is 2.45. The number of halogens is 2. The van der Waals surface area contributed by atoms with Crippen LogP contribution in [0.2, 0.25) is 5.02 Å². The molecule has 0 radical (unpaired) electrons. The van der Waals surface area contributed by atoms with Crippen LogP contribution in [0.4, 0.5) is 0 Å². The minimum atomic E-state index is 0.0432. The molecule has 0 unspecified atom stereocenters. The molecule has 0 aromatic heterocycles. The Bertz CT molecular complexity index is 260. The van der Waals surface area contributed by atoms with Crippen molar-refractivity contribution in [3.05, 3.63) is 33.3 Å². The van der Waals surface area contributed by atoms with Crippen molar-refractivity contribution in [1.29, 1.82) is 0 Å². The Hall–Kier alpha value is -0.0500. The van der Waals surface area contributed by atoms with Crippen molar-refractivity contribution < 1.29 is 0 Å². The quantitative estimate of drug-likeness (QED) is 0.794. The third kappa shape index (κ3) is 2.19. The maximum absolute atomic E-state index is 5.75. The van der Waals surface area contributed by atoms with Crippen molar-refractivity contribution in [2.24, 2.45) is 5.73 Å². The van der Waals surface area contributed by atoms with Gasteiger partial charge in [0, 0.05) is 15.5 Å². The van der Waals surface area contributed by atoms with E-state index in [4.69, 9.17) is 17.3 Å². The highest BCUT2D eigenvalue weighted by Crippen LogP contribution is 2.24. The maximum atomic E-state index is 5.75. The van der Waals surface area contributed by atoms with Crippen LogP contribution < -0.4 is 5.73 Å². The lowest BCUT2D eigenvalue weighted by Gasteiger charge is -2.07. The van der Waals surface area contributed by atoms with Gasteiger partial charge in [-0.3, -0.25) is 0 Å². The topological polar surface area (TPSA) is 26.0 Å². The summed E-state index contributed by atoms with van der Waals surface area (Å²) in [6, 6.07) is 5.66. The van der Waals surface area contributed by atoms with E-state index >= 15 is 0 Å². The first-order chi connectivity index (χ1) is 5.11. The molecular formula is C8H9BrClN. The number of hydrogen-bond donors (Lipinski definition) is 1. The number of hydrogen-bond acceptors (Lipinski definition) is 1. The average molecular weight is 235 g/mol. The SMILES string of the molecule is C[C@@H](N)c1ccc(Cl)cc1Br. The molecule has 1 nitrogen and oxygen atoms in total. The van der Waals surface area contributed by atoms with E-state index in [9.17, 15) is 0 Å². The van der Waals surface area contributed by atoms with Crippen LogP contribution in [0.3, 0.4) is 0 Å². The molecule has 0 spiro atoms. The Morgan fingerprint density at radius 2 is 2.18 bits per heavy atom. The van der Waals surface area contributed by atoms with Crippen molar-refractivity contribution >= 4 is 27.5 Å². The Kier molecular flexibility index (Phi) is 2.93. The fourth-order valence-corrected chi connectivity index (χ4v) is 1.91. The van der Waals surface area contributed by atoms with Crippen molar-refractivity contribution in [2.45, 2.75) is 13.0 Å². The first-order valence-electron chi connectivity index (χ1n) is 3.32. The van der Waals surface area contributed by atoms with Crippen molar-refractivity contribution in [3.63, 3.8) is 0 Å². The van der Waals surface area contributed by atoms with Crippen molar-refractivity contribution in [3.8, 4) is 0 Å².